The monoisotopic (exact) mass is 404 g/mol. The summed E-state index contributed by atoms with van der Waals surface area (Å²) in [6.45, 7) is 1.85. The Labute approximate surface area is 172 Å². The quantitative estimate of drug-likeness (QED) is 0.445. The van der Waals surface area contributed by atoms with E-state index in [1.807, 2.05) is 31.2 Å². The Kier molecular flexibility index (Phi) is 5.06. The number of para-hydroxylation sites is 1. The van der Waals surface area contributed by atoms with Gasteiger partial charge < -0.3 is 15.1 Å². The Hall–Kier alpha value is -3.57. The Morgan fingerprint density at radius 3 is 2.45 bits per heavy atom. The van der Waals surface area contributed by atoms with E-state index in [9.17, 15) is 9.59 Å². The lowest BCUT2D eigenvalue weighted by atomic mass is 10.1. The van der Waals surface area contributed by atoms with E-state index >= 15 is 0 Å². The number of benzene rings is 3. The van der Waals surface area contributed by atoms with Gasteiger partial charge in [-0.15, -0.1) is 0 Å². The highest BCUT2D eigenvalue weighted by Crippen LogP contribution is 2.23. The van der Waals surface area contributed by atoms with E-state index in [1.54, 1.807) is 48.5 Å². The smallest absolute Gasteiger partial charge is 0.291 e. The zero-order valence-corrected chi connectivity index (χ0v) is 16.3. The molecule has 0 bridgehead atoms. The molecule has 0 fully saturated rings. The molecule has 6 heteroatoms. The Bertz CT molecular complexity index is 1200. The molecular formula is C23H17ClN2O3. The van der Waals surface area contributed by atoms with Crippen molar-refractivity contribution in [3.05, 3.63) is 94.7 Å². The van der Waals surface area contributed by atoms with Crippen LogP contribution in [-0.2, 0) is 0 Å². The standard InChI is InChI=1S/C23H17ClN2O3/c1-14-11-18(25-22(27)16-6-4-7-17(24)12-16)9-10-19(14)26-23(28)21-13-15-5-2-3-8-20(15)29-21/h2-13H,1H3,(H,25,27)(H,26,28). The molecule has 0 atom stereocenters. The van der Waals surface area contributed by atoms with Crippen LogP contribution in [0.25, 0.3) is 11.0 Å². The predicted octanol–water partition coefficient (Wildman–Crippen LogP) is 5.90. The maximum Gasteiger partial charge on any atom is 0.291 e. The fraction of sp³-hybridized carbons (Fsp3) is 0.0435. The number of halogens is 1. The fourth-order valence-electron chi connectivity index (χ4n) is 2.99. The van der Waals surface area contributed by atoms with Crippen LogP contribution in [0, 0.1) is 6.92 Å². The van der Waals surface area contributed by atoms with Crippen LogP contribution in [0.4, 0.5) is 11.4 Å². The summed E-state index contributed by atoms with van der Waals surface area (Å²) in [7, 11) is 0. The Balaban J connectivity index is 1.48. The number of carbonyl (C=O) groups excluding carboxylic acids is 2. The zero-order valence-electron chi connectivity index (χ0n) is 15.5. The van der Waals surface area contributed by atoms with Crippen LogP contribution in [0.1, 0.15) is 26.5 Å². The molecule has 3 aromatic carbocycles. The first kappa shape index (κ1) is 18.8. The first-order chi connectivity index (χ1) is 14.0. The van der Waals surface area contributed by atoms with Gasteiger partial charge in [0.15, 0.2) is 5.76 Å². The van der Waals surface area contributed by atoms with E-state index in [0.29, 0.717) is 27.5 Å². The molecule has 0 aliphatic rings. The number of nitrogens with one attached hydrogen (secondary N) is 2. The van der Waals surface area contributed by atoms with Gasteiger partial charge in [-0.3, -0.25) is 9.59 Å². The summed E-state index contributed by atoms with van der Waals surface area (Å²) >= 11 is 5.93. The van der Waals surface area contributed by atoms with Crippen molar-refractivity contribution in [3.8, 4) is 0 Å². The molecule has 0 saturated heterocycles. The number of furan rings is 1. The van der Waals surface area contributed by atoms with Gasteiger partial charge >= 0.3 is 0 Å². The van der Waals surface area contributed by atoms with Crippen molar-refractivity contribution >= 4 is 45.8 Å². The molecule has 144 valence electrons. The summed E-state index contributed by atoms with van der Waals surface area (Å²) in [5.41, 5.74) is 3.19. The Morgan fingerprint density at radius 2 is 1.69 bits per heavy atom. The number of aryl methyl sites for hydroxylation is 1. The Morgan fingerprint density at radius 1 is 0.862 bits per heavy atom. The van der Waals surface area contributed by atoms with Crippen molar-refractivity contribution in [1.29, 1.82) is 0 Å². The number of hydrogen-bond acceptors (Lipinski definition) is 3. The van der Waals surface area contributed by atoms with Gasteiger partial charge in [0.05, 0.1) is 0 Å². The maximum absolute atomic E-state index is 12.5. The summed E-state index contributed by atoms with van der Waals surface area (Å²) in [6, 6.07) is 21.1. The van der Waals surface area contributed by atoms with Gasteiger partial charge in [-0.25, -0.2) is 0 Å². The van der Waals surface area contributed by atoms with Crippen molar-refractivity contribution in [1.82, 2.24) is 0 Å². The third-order valence-corrected chi connectivity index (χ3v) is 4.70. The summed E-state index contributed by atoms with van der Waals surface area (Å²) in [5, 5.41) is 7.04. The van der Waals surface area contributed by atoms with Gasteiger partial charge in [-0.2, -0.15) is 0 Å². The first-order valence-corrected chi connectivity index (χ1v) is 9.35. The normalized spacial score (nSPS) is 10.7. The minimum absolute atomic E-state index is 0.240. The number of rotatable bonds is 4. The molecule has 2 N–H and O–H groups in total. The van der Waals surface area contributed by atoms with Crippen LogP contribution in [0.3, 0.4) is 0 Å². The van der Waals surface area contributed by atoms with Crippen LogP contribution < -0.4 is 10.6 Å². The van der Waals surface area contributed by atoms with Crippen LogP contribution in [-0.4, -0.2) is 11.8 Å². The minimum Gasteiger partial charge on any atom is -0.451 e. The molecule has 5 nitrogen and oxygen atoms in total. The highest BCUT2D eigenvalue weighted by Gasteiger charge is 2.14. The van der Waals surface area contributed by atoms with E-state index in [1.165, 1.54) is 0 Å². The SMILES string of the molecule is Cc1cc(NC(=O)c2cccc(Cl)c2)ccc1NC(=O)c1cc2ccccc2o1. The summed E-state index contributed by atoms with van der Waals surface area (Å²) in [5.74, 6) is -0.352. The highest BCUT2D eigenvalue weighted by atomic mass is 35.5. The fourth-order valence-corrected chi connectivity index (χ4v) is 3.18. The van der Waals surface area contributed by atoms with E-state index in [0.717, 1.165) is 10.9 Å². The van der Waals surface area contributed by atoms with Crippen molar-refractivity contribution in [2.75, 3.05) is 10.6 Å². The molecule has 29 heavy (non-hydrogen) atoms. The molecule has 0 radical (unpaired) electrons. The second-order valence-electron chi connectivity index (χ2n) is 6.60. The third-order valence-electron chi connectivity index (χ3n) is 4.47. The number of fused-ring (bicyclic) bond motifs is 1. The van der Waals surface area contributed by atoms with Gasteiger partial charge in [-0.05, 0) is 61.0 Å². The number of hydrogen-bond donors (Lipinski definition) is 2. The molecule has 1 heterocycles. The van der Waals surface area contributed by atoms with E-state index in [4.69, 9.17) is 16.0 Å². The minimum atomic E-state index is -0.333. The molecule has 0 spiro atoms. The predicted molar refractivity (Wildman–Crippen MR) is 115 cm³/mol. The molecular weight excluding hydrogens is 388 g/mol. The molecule has 0 aliphatic carbocycles. The lowest BCUT2D eigenvalue weighted by Crippen LogP contribution is -2.14. The molecule has 0 aliphatic heterocycles. The molecule has 0 saturated carbocycles. The van der Waals surface area contributed by atoms with Gasteiger partial charge in [0, 0.05) is 27.3 Å². The molecule has 1 aromatic heterocycles. The average Bonchev–Trinajstić information content (AvgIpc) is 3.14. The molecule has 4 rings (SSSR count). The molecule has 4 aromatic rings. The van der Waals surface area contributed by atoms with E-state index in [-0.39, 0.29) is 17.6 Å². The molecule has 2 amide bonds. The van der Waals surface area contributed by atoms with Gasteiger partial charge in [0.25, 0.3) is 11.8 Å². The van der Waals surface area contributed by atoms with Crippen LogP contribution in [0.15, 0.2) is 77.2 Å². The van der Waals surface area contributed by atoms with Crippen molar-refractivity contribution in [3.63, 3.8) is 0 Å². The van der Waals surface area contributed by atoms with Crippen LogP contribution >= 0.6 is 11.6 Å². The topological polar surface area (TPSA) is 71.3 Å². The first-order valence-electron chi connectivity index (χ1n) is 8.97. The zero-order chi connectivity index (χ0) is 20.4. The summed E-state index contributed by atoms with van der Waals surface area (Å²) in [4.78, 5) is 24.9. The second kappa shape index (κ2) is 7.81. The van der Waals surface area contributed by atoms with Gasteiger partial charge in [0.2, 0.25) is 0 Å². The largest absolute Gasteiger partial charge is 0.451 e. The van der Waals surface area contributed by atoms with Crippen LogP contribution in [0.2, 0.25) is 5.02 Å². The average molecular weight is 405 g/mol. The summed E-state index contributed by atoms with van der Waals surface area (Å²) < 4.78 is 5.60. The summed E-state index contributed by atoms with van der Waals surface area (Å²) in [6.07, 6.45) is 0. The number of anilines is 2. The van der Waals surface area contributed by atoms with Crippen molar-refractivity contribution < 1.29 is 14.0 Å². The van der Waals surface area contributed by atoms with Gasteiger partial charge in [0.1, 0.15) is 5.58 Å². The number of amides is 2. The van der Waals surface area contributed by atoms with Crippen LogP contribution in [0.5, 0.6) is 0 Å². The van der Waals surface area contributed by atoms with E-state index in [2.05, 4.69) is 10.6 Å². The van der Waals surface area contributed by atoms with Crippen molar-refractivity contribution in [2.45, 2.75) is 6.92 Å². The lowest BCUT2D eigenvalue weighted by molar-refractivity contribution is 0.0996. The molecule has 0 unspecified atom stereocenters. The van der Waals surface area contributed by atoms with Gasteiger partial charge in [-0.1, -0.05) is 35.9 Å². The maximum atomic E-state index is 12.5. The number of carbonyl (C=O) groups is 2. The highest BCUT2D eigenvalue weighted by molar-refractivity contribution is 6.31. The second-order valence-corrected chi connectivity index (χ2v) is 7.03. The van der Waals surface area contributed by atoms with E-state index < -0.39 is 0 Å². The third kappa shape index (κ3) is 4.15. The lowest BCUT2D eigenvalue weighted by Gasteiger charge is -2.11. The van der Waals surface area contributed by atoms with Crippen molar-refractivity contribution in [2.24, 2.45) is 0 Å².